The molecular weight excluding hydrogens is 192 g/mol. The molecule has 0 fully saturated rings. The predicted molar refractivity (Wildman–Crippen MR) is 59.2 cm³/mol. The SMILES string of the molecule is CC(C)(C)NC[C@H](O)c1ccc(N)nn1. The molecule has 84 valence electrons. The molecule has 1 heterocycles. The first-order valence-electron chi connectivity index (χ1n) is 4.91. The van der Waals surface area contributed by atoms with E-state index in [1.54, 1.807) is 12.1 Å². The Bertz CT molecular complexity index is 304. The molecule has 0 aliphatic rings. The highest BCUT2D eigenvalue weighted by molar-refractivity contribution is 5.26. The van der Waals surface area contributed by atoms with E-state index >= 15 is 0 Å². The molecule has 5 heteroatoms. The Morgan fingerprint density at radius 1 is 1.40 bits per heavy atom. The van der Waals surface area contributed by atoms with Gasteiger partial charge < -0.3 is 16.2 Å². The van der Waals surface area contributed by atoms with Crippen LogP contribution in [0.25, 0.3) is 0 Å². The first-order chi connectivity index (χ1) is 6.88. The predicted octanol–water partition coefficient (Wildman–Crippen LogP) is 0.480. The Kier molecular flexibility index (Phi) is 3.60. The van der Waals surface area contributed by atoms with E-state index in [0.29, 0.717) is 18.1 Å². The third-order valence-electron chi connectivity index (χ3n) is 1.87. The Balaban J connectivity index is 2.54. The largest absolute Gasteiger partial charge is 0.385 e. The summed E-state index contributed by atoms with van der Waals surface area (Å²) in [7, 11) is 0. The Morgan fingerprint density at radius 3 is 2.53 bits per heavy atom. The zero-order valence-electron chi connectivity index (χ0n) is 9.36. The second-order valence-electron chi connectivity index (χ2n) is 4.53. The smallest absolute Gasteiger partial charge is 0.146 e. The lowest BCUT2D eigenvalue weighted by molar-refractivity contribution is 0.158. The Labute approximate surface area is 89.7 Å². The molecule has 0 unspecified atom stereocenters. The molecule has 0 saturated heterocycles. The van der Waals surface area contributed by atoms with Crippen LogP contribution in [0, 0.1) is 0 Å². The van der Waals surface area contributed by atoms with Gasteiger partial charge in [0, 0.05) is 12.1 Å². The van der Waals surface area contributed by atoms with Crippen molar-refractivity contribution in [2.45, 2.75) is 32.4 Å². The zero-order valence-corrected chi connectivity index (χ0v) is 9.36. The van der Waals surface area contributed by atoms with Gasteiger partial charge in [-0.3, -0.25) is 0 Å². The number of hydrogen-bond donors (Lipinski definition) is 3. The number of aliphatic hydroxyl groups is 1. The molecule has 0 radical (unpaired) electrons. The third-order valence-corrected chi connectivity index (χ3v) is 1.87. The van der Waals surface area contributed by atoms with Crippen molar-refractivity contribution in [1.29, 1.82) is 0 Å². The van der Waals surface area contributed by atoms with Crippen LogP contribution in [-0.2, 0) is 0 Å². The number of aromatic nitrogens is 2. The van der Waals surface area contributed by atoms with Gasteiger partial charge in [-0.15, -0.1) is 5.10 Å². The normalized spacial score (nSPS) is 13.9. The molecular formula is C10H18N4O. The molecule has 0 bridgehead atoms. The molecule has 0 amide bonds. The van der Waals surface area contributed by atoms with Gasteiger partial charge in [0.2, 0.25) is 0 Å². The van der Waals surface area contributed by atoms with E-state index in [0.717, 1.165) is 0 Å². The Hall–Kier alpha value is -1.20. The van der Waals surface area contributed by atoms with Crippen LogP contribution in [0.3, 0.4) is 0 Å². The number of nitrogens with zero attached hydrogens (tertiary/aromatic N) is 2. The van der Waals surface area contributed by atoms with Gasteiger partial charge >= 0.3 is 0 Å². The van der Waals surface area contributed by atoms with Gasteiger partial charge in [0.25, 0.3) is 0 Å². The first-order valence-corrected chi connectivity index (χ1v) is 4.91. The zero-order chi connectivity index (χ0) is 11.5. The minimum Gasteiger partial charge on any atom is -0.385 e. The number of anilines is 1. The second kappa shape index (κ2) is 4.55. The monoisotopic (exact) mass is 210 g/mol. The molecule has 0 aromatic carbocycles. The van der Waals surface area contributed by atoms with Gasteiger partial charge in [-0.05, 0) is 32.9 Å². The van der Waals surface area contributed by atoms with Crippen LogP contribution in [0.2, 0.25) is 0 Å². The van der Waals surface area contributed by atoms with Gasteiger partial charge in [0.15, 0.2) is 0 Å². The minimum absolute atomic E-state index is 0.0256. The maximum Gasteiger partial charge on any atom is 0.146 e. The average Bonchev–Trinajstić information content (AvgIpc) is 2.14. The summed E-state index contributed by atoms with van der Waals surface area (Å²) in [4.78, 5) is 0. The van der Waals surface area contributed by atoms with Gasteiger partial charge in [0.1, 0.15) is 11.9 Å². The molecule has 0 aliphatic heterocycles. The maximum absolute atomic E-state index is 9.77. The summed E-state index contributed by atoms with van der Waals surface area (Å²) < 4.78 is 0. The summed E-state index contributed by atoms with van der Waals surface area (Å²) in [5.41, 5.74) is 5.90. The molecule has 0 saturated carbocycles. The number of β-amino-alcohol motifs (C(OH)–C–C–N with tert-alkyl or cyclic N) is 1. The van der Waals surface area contributed by atoms with Crippen molar-refractivity contribution in [2.75, 3.05) is 12.3 Å². The van der Waals surface area contributed by atoms with E-state index in [1.807, 2.05) is 20.8 Å². The van der Waals surface area contributed by atoms with E-state index < -0.39 is 6.10 Å². The maximum atomic E-state index is 9.77. The van der Waals surface area contributed by atoms with Crippen LogP contribution in [0.5, 0.6) is 0 Å². The molecule has 15 heavy (non-hydrogen) atoms. The lowest BCUT2D eigenvalue weighted by atomic mass is 10.1. The van der Waals surface area contributed by atoms with E-state index in [9.17, 15) is 5.11 Å². The lowest BCUT2D eigenvalue weighted by Crippen LogP contribution is -2.38. The fraction of sp³-hybridized carbons (Fsp3) is 0.600. The molecule has 1 aromatic heterocycles. The number of aliphatic hydroxyl groups excluding tert-OH is 1. The van der Waals surface area contributed by atoms with Gasteiger partial charge in [-0.25, -0.2) is 0 Å². The summed E-state index contributed by atoms with van der Waals surface area (Å²) in [6.45, 7) is 6.55. The summed E-state index contributed by atoms with van der Waals surface area (Å²) in [6.07, 6.45) is -0.655. The van der Waals surface area contributed by atoms with Gasteiger partial charge in [0.05, 0.1) is 5.69 Å². The number of rotatable bonds is 3. The van der Waals surface area contributed by atoms with E-state index in [1.165, 1.54) is 0 Å². The van der Waals surface area contributed by atoms with Crippen LogP contribution >= 0.6 is 0 Å². The van der Waals surface area contributed by atoms with Crippen molar-refractivity contribution in [3.63, 3.8) is 0 Å². The summed E-state index contributed by atoms with van der Waals surface area (Å²) in [5, 5.41) is 20.5. The van der Waals surface area contributed by atoms with Crippen molar-refractivity contribution < 1.29 is 5.11 Å². The fourth-order valence-electron chi connectivity index (χ4n) is 1.04. The second-order valence-corrected chi connectivity index (χ2v) is 4.53. The van der Waals surface area contributed by atoms with E-state index in [2.05, 4.69) is 15.5 Å². The third kappa shape index (κ3) is 4.22. The molecule has 1 aromatic rings. The van der Waals surface area contributed by atoms with E-state index in [4.69, 9.17) is 5.73 Å². The van der Waals surface area contributed by atoms with Crippen LogP contribution in [0.4, 0.5) is 5.82 Å². The highest BCUT2D eigenvalue weighted by atomic mass is 16.3. The molecule has 4 N–H and O–H groups in total. The lowest BCUT2D eigenvalue weighted by Gasteiger charge is -2.22. The number of nitrogen functional groups attached to an aromatic ring is 1. The Morgan fingerprint density at radius 2 is 2.07 bits per heavy atom. The number of nitrogens with one attached hydrogen (secondary N) is 1. The molecule has 0 spiro atoms. The summed E-state index contributed by atoms with van der Waals surface area (Å²) in [6, 6.07) is 3.31. The van der Waals surface area contributed by atoms with Crippen molar-refractivity contribution in [3.8, 4) is 0 Å². The van der Waals surface area contributed by atoms with Crippen molar-refractivity contribution in [3.05, 3.63) is 17.8 Å². The van der Waals surface area contributed by atoms with Crippen LogP contribution in [0.1, 0.15) is 32.6 Å². The quantitative estimate of drug-likeness (QED) is 0.675. The molecule has 1 atom stereocenters. The topological polar surface area (TPSA) is 84.1 Å². The highest BCUT2D eigenvalue weighted by Gasteiger charge is 2.14. The molecule has 0 aliphatic carbocycles. The number of hydrogen-bond acceptors (Lipinski definition) is 5. The average molecular weight is 210 g/mol. The van der Waals surface area contributed by atoms with Crippen LogP contribution < -0.4 is 11.1 Å². The minimum atomic E-state index is -0.655. The molecule has 1 rings (SSSR count). The summed E-state index contributed by atoms with van der Waals surface area (Å²) >= 11 is 0. The first kappa shape index (κ1) is 11.9. The molecule has 5 nitrogen and oxygen atoms in total. The van der Waals surface area contributed by atoms with Crippen molar-refractivity contribution >= 4 is 5.82 Å². The number of nitrogens with two attached hydrogens (primary N) is 1. The van der Waals surface area contributed by atoms with Crippen molar-refractivity contribution in [1.82, 2.24) is 15.5 Å². The summed E-state index contributed by atoms with van der Waals surface area (Å²) in [5.74, 6) is 0.356. The standard InChI is InChI=1S/C10H18N4O/c1-10(2,3)12-6-8(15)7-4-5-9(11)14-13-7/h4-5,8,12,15H,6H2,1-3H3,(H2,11,14)/t8-/m0/s1. The van der Waals surface area contributed by atoms with Gasteiger partial charge in [-0.1, -0.05) is 0 Å². The highest BCUT2D eigenvalue weighted by Crippen LogP contribution is 2.10. The fourth-order valence-corrected chi connectivity index (χ4v) is 1.04. The van der Waals surface area contributed by atoms with Crippen LogP contribution in [-0.4, -0.2) is 27.4 Å². The van der Waals surface area contributed by atoms with Crippen LogP contribution in [0.15, 0.2) is 12.1 Å². The van der Waals surface area contributed by atoms with Gasteiger partial charge in [-0.2, -0.15) is 5.10 Å². The van der Waals surface area contributed by atoms with E-state index in [-0.39, 0.29) is 5.54 Å². The van der Waals surface area contributed by atoms with Crippen molar-refractivity contribution in [2.24, 2.45) is 0 Å².